The van der Waals surface area contributed by atoms with Crippen LogP contribution in [0.1, 0.15) is 25.5 Å². The number of sulfone groups is 2. The molecule has 1 aliphatic heterocycles. The molecular formula is C20H27FN2O4S3. The average Bonchev–Trinajstić information content (AvgIpc) is 3.34. The zero-order valence-corrected chi connectivity index (χ0v) is 19.4. The normalized spacial score (nSPS) is 22.4. The molecule has 1 aliphatic rings. The summed E-state index contributed by atoms with van der Waals surface area (Å²) in [6.07, 6.45) is 0. The van der Waals surface area contributed by atoms with Crippen LogP contribution in [0.5, 0.6) is 0 Å². The molecule has 30 heavy (non-hydrogen) atoms. The van der Waals surface area contributed by atoms with Gasteiger partial charge < -0.3 is 5.32 Å². The van der Waals surface area contributed by atoms with Crippen LogP contribution in [0.15, 0.2) is 46.0 Å². The predicted molar refractivity (Wildman–Crippen MR) is 118 cm³/mol. The lowest BCUT2D eigenvalue weighted by atomic mass is 10.0. The Morgan fingerprint density at radius 3 is 2.40 bits per heavy atom. The zero-order valence-electron chi connectivity index (χ0n) is 17.0. The Balaban J connectivity index is 1.85. The lowest BCUT2D eigenvalue weighted by Gasteiger charge is -2.32. The molecule has 1 fully saturated rings. The molecule has 1 unspecified atom stereocenters. The van der Waals surface area contributed by atoms with Crippen molar-refractivity contribution in [3.63, 3.8) is 0 Å². The van der Waals surface area contributed by atoms with Gasteiger partial charge in [0, 0.05) is 18.6 Å². The van der Waals surface area contributed by atoms with E-state index in [1.807, 2.05) is 13.8 Å². The molecule has 2 aromatic rings. The molecule has 0 aliphatic carbocycles. The lowest BCUT2D eigenvalue weighted by molar-refractivity contribution is 0.209. The summed E-state index contributed by atoms with van der Waals surface area (Å²) >= 11 is 1.10. The highest BCUT2D eigenvalue weighted by atomic mass is 32.2. The molecule has 2 heterocycles. The van der Waals surface area contributed by atoms with Gasteiger partial charge in [-0.25, -0.2) is 21.2 Å². The second-order valence-electron chi connectivity index (χ2n) is 7.40. The summed E-state index contributed by atoms with van der Waals surface area (Å²) in [6.45, 7) is 5.90. The number of hydrogen-bond acceptors (Lipinski definition) is 7. The van der Waals surface area contributed by atoms with Crippen LogP contribution >= 0.6 is 11.3 Å². The lowest BCUT2D eigenvalue weighted by Crippen LogP contribution is -2.46. The fourth-order valence-corrected chi connectivity index (χ4v) is 9.90. The van der Waals surface area contributed by atoms with E-state index in [9.17, 15) is 21.2 Å². The molecule has 0 bridgehead atoms. The first-order chi connectivity index (χ1) is 14.2. The SMILES string of the molecule is CCN(CC)C(CN[C@H]1CS(=O)(=O)C[C@@H]1S(=O)(=O)c1cccs1)c1ccc(F)cc1. The summed E-state index contributed by atoms with van der Waals surface area (Å²) in [7, 11) is -7.22. The van der Waals surface area contributed by atoms with Crippen LogP contribution < -0.4 is 5.32 Å². The molecular weight excluding hydrogens is 447 g/mol. The van der Waals surface area contributed by atoms with E-state index in [4.69, 9.17) is 0 Å². The maximum atomic E-state index is 13.4. The Kier molecular flexibility index (Phi) is 7.34. The van der Waals surface area contributed by atoms with Crippen molar-refractivity contribution < 1.29 is 21.2 Å². The number of halogens is 1. The van der Waals surface area contributed by atoms with Crippen LogP contribution in [0, 0.1) is 5.82 Å². The third-order valence-corrected chi connectivity index (χ3v) is 11.1. The molecule has 0 amide bonds. The Labute approximate surface area is 181 Å². The molecule has 0 radical (unpaired) electrons. The second kappa shape index (κ2) is 9.44. The van der Waals surface area contributed by atoms with E-state index in [0.29, 0.717) is 6.54 Å². The quantitative estimate of drug-likeness (QED) is 0.601. The zero-order chi connectivity index (χ0) is 21.9. The van der Waals surface area contributed by atoms with E-state index in [-0.39, 0.29) is 27.6 Å². The first kappa shape index (κ1) is 23.3. The van der Waals surface area contributed by atoms with Crippen LogP contribution in [0.4, 0.5) is 4.39 Å². The van der Waals surface area contributed by atoms with Gasteiger partial charge in [-0.15, -0.1) is 11.3 Å². The van der Waals surface area contributed by atoms with E-state index < -0.39 is 31.0 Å². The smallest absolute Gasteiger partial charge is 0.193 e. The molecule has 1 saturated heterocycles. The number of rotatable bonds is 9. The van der Waals surface area contributed by atoms with Crippen molar-refractivity contribution in [2.24, 2.45) is 0 Å². The fraction of sp³-hybridized carbons (Fsp3) is 0.500. The standard InChI is InChI=1S/C20H27FN2O4S3/c1-3-23(4-2)18(15-7-9-16(21)10-8-15)12-22-17-13-29(24,25)14-19(17)30(26,27)20-6-5-11-28-20/h5-11,17-19,22H,3-4,12-14H2,1-2H3/t17-,18?,19-/m0/s1. The summed E-state index contributed by atoms with van der Waals surface area (Å²) < 4.78 is 64.3. The fourth-order valence-electron chi connectivity index (χ4n) is 3.96. The van der Waals surface area contributed by atoms with E-state index in [1.54, 1.807) is 23.6 Å². The van der Waals surface area contributed by atoms with Gasteiger partial charge in [-0.3, -0.25) is 4.90 Å². The molecule has 1 N–H and O–H groups in total. The third-order valence-electron chi connectivity index (χ3n) is 5.56. The number of hydrogen-bond donors (Lipinski definition) is 1. The van der Waals surface area contributed by atoms with E-state index in [2.05, 4.69) is 10.2 Å². The minimum Gasteiger partial charge on any atom is -0.310 e. The maximum absolute atomic E-state index is 13.4. The highest BCUT2D eigenvalue weighted by Crippen LogP contribution is 2.29. The third kappa shape index (κ3) is 5.11. The molecule has 1 aromatic heterocycles. The molecule has 1 aromatic carbocycles. The number of benzene rings is 1. The summed E-state index contributed by atoms with van der Waals surface area (Å²) in [5, 5.41) is 3.88. The Hall–Kier alpha value is -1.33. The van der Waals surface area contributed by atoms with Gasteiger partial charge >= 0.3 is 0 Å². The number of nitrogens with zero attached hydrogens (tertiary/aromatic N) is 1. The predicted octanol–water partition coefficient (Wildman–Crippen LogP) is 2.50. The Morgan fingerprint density at radius 2 is 1.83 bits per heavy atom. The van der Waals surface area contributed by atoms with E-state index in [0.717, 1.165) is 30.0 Å². The van der Waals surface area contributed by atoms with Crippen LogP contribution in [-0.4, -0.2) is 64.2 Å². The van der Waals surface area contributed by atoms with Gasteiger partial charge in [-0.1, -0.05) is 32.0 Å². The number of thiophene rings is 1. The van der Waals surface area contributed by atoms with Crippen LogP contribution in [-0.2, 0) is 19.7 Å². The van der Waals surface area contributed by atoms with Gasteiger partial charge in [-0.2, -0.15) is 0 Å². The van der Waals surface area contributed by atoms with Crippen LogP contribution in [0.3, 0.4) is 0 Å². The highest BCUT2D eigenvalue weighted by Gasteiger charge is 2.46. The first-order valence-corrected chi connectivity index (χ1v) is 14.1. The van der Waals surface area contributed by atoms with Crippen molar-refractivity contribution in [3.8, 4) is 0 Å². The van der Waals surface area contributed by atoms with Crippen molar-refractivity contribution in [1.29, 1.82) is 0 Å². The van der Waals surface area contributed by atoms with Crippen molar-refractivity contribution >= 4 is 31.0 Å². The molecule has 6 nitrogen and oxygen atoms in total. The summed E-state index contributed by atoms with van der Waals surface area (Å²) in [6, 6.07) is 8.56. The van der Waals surface area contributed by atoms with Crippen molar-refractivity contribution in [3.05, 3.63) is 53.2 Å². The molecule has 0 spiro atoms. The van der Waals surface area contributed by atoms with Gasteiger partial charge in [0.05, 0.1) is 16.8 Å². The molecule has 10 heteroatoms. The van der Waals surface area contributed by atoms with Crippen LogP contribution in [0.2, 0.25) is 0 Å². The Morgan fingerprint density at radius 1 is 1.17 bits per heavy atom. The summed E-state index contributed by atoms with van der Waals surface area (Å²) in [5.41, 5.74) is 0.895. The largest absolute Gasteiger partial charge is 0.310 e. The topological polar surface area (TPSA) is 83.6 Å². The monoisotopic (exact) mass is 474 g/mol. The average molecular weight is 475 g/mol. The minimum absolute atomic E-state index is 0.131. The second-order valence-corrected chi connectivity index (χ2v) is 12.9. The van der Waals surface area contributed by atoms with Crippen molar-refractivity contribution in [2.75, 3.05) is 31.1 Å². The van der Waals surface area contributed by atoms with Gasteiger partial charge in [0.1, 0.15) is 10.0 Å². The highest BCUT2D eigenvalue weighted by molar-refractivity contribution is 7.97. The number of likely N-dealkylation sites (N-methyl/N-ethyl adjacent to an activating group) is 1. The summed E-state index contributed by atoms with van der Waals surface area (Å²) in [5.74, 6) is -0.914. The van der Waals surface area contributed by atoms with E-state index >= 15 is 0 Å². The van der Waals surface area contributed by atoms with Crippen molar-refractivity contribution in [2.45, 2.75) is 35.4 Å². The van der Waals surface area contributed by atoms with Gasteiger partial charge in [0.15, 0.2) is 19.7 Å². The minimum atomic E-state index is -3.75. The summed E-state index contributed by atoms with van der Waals surface area (Å²) in [4.78, 5) is 2.17. The van der Waals surface area contributed by atoms with Gasteiger partial charge in [0.2, 0.25) is 0 Å². The van der Waals surface area contributed by atoms with Gasteiger partial charge in [0.25, 0.3) is 0 Å². The van der Waals surface area contributed by atoms with Gasteiger partial charge in [-0.05, 0) is 42.2 Å². The Bertz CT molecular complexity index is 1030. The molecule has 3 rings (SSSR count). The number of nitrogens with one attached hydrogen (secondary N) is 1. The van der Waals surface area contributed by atoms with Crippen LogP contribution in [0.25, 0.3) is 0 Å². The molecule has 0 saturated carbocycles. The molecule has 166 valence electrons. The molecule has 3 atom stereocenters. The first-order valence-electron chi connectivity index (χ1n) is 9.88. The van der Waals surface area contributed by atoms with Crippen molar-refractivity contribution in [1.82, 2.24) is 10.2 Å². The van der Waals surface area contributed by atoms with E-state index in [1.165, 1.54) is 18.2 Å². The maximum Gasteiger partial charge on any atom is 0.193 e.